The van der Waals surface area contributed by atoms with Gasteiger partial charge in [0.2, 0.25) is 0 Å². The van der Waals surface area contributed by atoms with E-state index in [2.05, 4.69) is 28.2 Å². The van der Waals surface area contributed by atoms with Crippen LogP contribution in [-0.2, 0) is 9.53 Å². The molecular formula is C30H31BrN2O5S. The van der Waals surface area contributed by atoms with E-state index in [1.165, 1.54) is 30.9 Å². The first kappa shape index (κ1) is 29.9. The number of halogens is 1. The van der Waals surface area contributed by atoms with Crippen molar-refractivity contribution in [2.75, 3.05) is 26.1 Å². The number of unbranched alkanes of at least 4 members (excludes halogenated alkanes) is 3. The van der Waals surface area contributed by atoms with Crippen molar-refractivity contribution in [3.8, 4) is 28.7 Å². The molecular weight excluding hydrogens is 580 g/mol. The lowest BCUT2D eigenvalue weighted by Crippen LogP contribution is -2.15. The van der Waals surface area contributed by atoms with Crippen LogP contribution in [0.3, 0.4) is 0 Å². The number of rotatable bonds is 12. The Bertz CT molecular complexity index is 1390. The maximum Gasteiger partial charge on any atom is 0.341 e. The molecule has 39 heavy (non-hydrogen) atoms. The molecule has 0 aliphatic rings. The van der Waals surface area contributed by atoms with Gasteiger partial charge >= 0.3 is 5.97 Å². The SMILES string of the molecule is CCCCCCOc1ccc(/C=C(\C#N)C(=O)Nc2sc(C)c(-c3ccc(Br)cc3)c2C(=O)OC)cc1OC. The molecule has 1 amide bonds. The lowest BCUT2D eigenvalue weighted by atomic mass is 10.0. The van der Waals surface area contributed by atoms with Gasteiger partial charge < -0.3 is 19.5 Å². The Morgan fingerprint density at radius 3 is 2.46 bits per heavy atom. The Hall–Kier alpha value is -3.61. The van der Waals surface area contributed by atoms with E-state index < -0.39 is 11.9 Å². The van der Waals surface area contributed by atoms with E-state index in [9.17, 15) is 14.9 Å². The molecule has 9 heteroatoms. The first-order valence-electron chi connectivity index (χ1n) is 12.5. The average Bonchev–Trinajstić information content (AvgIpc) is 3.26. The largest absolute Gasteiger partial charge is 0.493 e. The highest BCUT2D eigenvalue weighted by Crippen LogP contribution is 2.41. The summed E-state index contributed by atoms with van der Waals surface area (Å²) >= 11 is 4.67. The molecule has 3 aromatic rings. The van der Waals surface area contributed by atoms with E-state index in [0.717, 1.165) is 34.2 Å². The number of aryl methyl sites for hydroxylation is 1. The summed E-state index contributed by atoms with van der Waals surface area (Å²) in [6, 6.07) is 14.7. The number of ether oxygens (including phenoxy) is 3. The van der Waals surface area contributed by atoms with Gasteiger partial charge in [0.05, 0.1) is 20.8 Å². The Morgan fingerprint density at radius 2 is 1.82 bits per heavy atom. The van der Waals surface area contributed by atoms with Crippen LogP contribution in [-0.4, -0.2) is 32.7 Å². The summed E-state index contributed by atoms with van der Waals surface area (Å²) in [6.45, 7) is 4.61. The number of hydrogen-bond acceptors (Lipinski definition) is 7. The number of amides is 1. The number of methoxy groups -OCH3 is 2. The summed E-state index contributed by atoms with van der Waals surface area (Å²) in [5.74, 6) is -0.101. The number of nitriles is 1. The summed E-state index contributed by atoms with van der Waals surface area (Å²) in [5, 5.41) is 12.8. The number of hydrogen-bond donors (Lipinski definition) is 1. The standard InChI is InChI=1S/C30H31BrN2O5S/c1-5-6-7-8-15-38-24-14-9-20(17-25(24)36-3)16-22(18-32)28(34)33-29-27(30(35)37-4)26(19(2)39-29)21-10-12-23(31)13-11-21/h9-14,16-17H,5-8,15H2,1-4H3,(H,33,34)/b22-16+. The molecule has 0 fully saturated rings. The average molecular weight is 612 g/mol. The third-order valence-corrected chi connectivity index (χ3v) is 7.50. The third-order valence-electron chi connectivity index (χ3n) is 5.95. The van der Waals surface area contributed by atoms with Crippen LogP contribution in [0.15, 0.2) is 52.5 Å². The second kappa shape index (κ2) is 14.5. The van der Waals surface area contributed by atoms with Crippen molar-refractivity contribution in [2.24, 2.45) is 0 Å². The Morgan fingerprint density at radius 1 is 1.08 bits per heavy atom. The maximum atomic E-state index is 13.2. The molecule has 1 N–H and O–H groups in total. The molecule has 7 nitrogen and oxygen atoms in total. The van der Waals surface area contributed by atoms with E-state index in [-0.39, 0.29) is 11.1 Å². The van der Waals surface area contributed by atoms with Gasteiger partial charge in [-0.25, -0.2) is 4.79 Å². The summed E-state index contributed by atoms with van der Waals surface area (Å²) in [6.07, 6.45) is 5.85. The molecule has 0 bridgehead atoms. The van der Waals surface area contributed by atoms with Gasteiger partial charge in [-0.05, 0) is 54.8 Å². The molecule has 3 rings (SSSR count). The van der Waals surface area contributed by atoms with Gasteiger partial charge in [-0.1, -0.05) is 60.3 Å². The van der Waals surface area contributed by atoms with Crippen LogP contribution >= 0.6 is 27.3 Å². The minimum absolute atomic E-state index is 0.127. The van der Waals surface area contributed by atoms with Gasteiger partial charge in [-0.3, -0.25) is 4.79 Å². The molecule has 0 saturated carbocycles. The molecule has 0 aliphatic heterocycles. The highest BCUT2D eigenvalue weighted by atomic mass is 79.9. The number of carbonyl (C=O) groups is 2. The number of anilines is 1. The zero-order valence-corrected chi connectivity index (χ0v) is 24.8. The normalized spacial score (nSPS) is 11.0. The Balaban J connectivity index is 1.86. The fraction of sp³-hybridized carbons (Fsp3) is 0.300. The predicted octanol–water partition coefficient (Wildman–Crippen LogP) is 7.79. The lowest BCUT2D eigenvalue weighted by molar-refractivity contribution is -0.112. The van der Waals surface area contributed by atoms with Crippen molar-refractivity contribution in [3.63, 3.8) is 0 Å². The van der Waals surface area contributed by atoms with Gasteiger partial charge in [0.25, 0.3) is 5.91 Å². The van der Waals surface area contributed by atoms with E-state index in [1.54, 1.807) is 25.3 Å². The number of benzene rings is 2. The van der Waals surface area contributed by atoms with Gasteiger partial charge in [0.15, 0.2) is 11.5 Å². The van der Waals surface area contributed by atoms with E-state index in [1.807, 2.05) is 37.3 Å². The van der Waals surface area contributed by atoms with Crippen LogP contribution in [0.4, 0.5) is 5.00 Å². The van der Waals surface area contributed by atoms with E-state index >= 15 is 0 Å². The van der Waals surface area contributed by atoms with Crippen LogP contribution in [0, 0.1) is 18.3 Å². The highest BCUT2D eigenvalue weighted by Gasteiger charge is 2.26. The topological polar surface area (TPSA) is 97.7 Å². The van der Waals surface area contributed by atoms with Crippen LogP contribution in [0.1, 0.15) is 53.4 Å². The van der Waals surface area contributed by atoms with Crippen molar-refractivity contribution in [3.05, 3.63) is 68.5 Å². The lowest BCUT2D eigenvalue weighted by Gasteiger charge is -2.11. The quantitative estimate of drug-likeness (QED) is 0.0972. The van der Waals surface area contributed by atoms with Crippen molar-refractivity contribution in [1.29, 1.82) is 5.26 Å². The molecule has 0 radical (unpaired) electrons. The first-order valence-corrected chi connectivity index (χ1v) is 14.1. The maximum absolute atomic E-state index is 13.2. The summed E-state index contributed by atoms with van der Waals surface area (Å²) < 4.78 is 17.2. The zero-order valence-electron chi connectivity index (χ0n) is 22.4. The number of thiophene rings is 1. The molecule has 1 aromatic heterocycles. The smallest absolute Gasteiger partial charge is 0.341 e. The second-order valence-electron chi connectivity index (χ2n) is 8.68. The van der Waals surface area contributed by atoms with Crippen LogP contribution in [0.25, 0.3) is 17.2 Å². The number of carbonyl (C=O) groups excluding carboxylic acids is 2. The fourth-order valence-corrected chi connectivity index (χ4v) is 5.31. The summed E-state index contributed by atoms with van der Waals surface area (Å²) in [7, 11) is 2.83. The number of esters is 1. The van der Waals surface area contributed by atoms with E-state index in [0.29, 0.717) is 34.2 Å². The van der Waals surface area contributed by atoms with Crippen LogP contribution in [0.5, 0.6) is 11.5 Å². The molecule has 0 saturated heterocycles. The zero-order chi connectivity index (χ0) is 28.4. The van der Waals surface area contributed by atoms with Crippen molar-refractivity contribution in [1.82, 2.24) is 0 Å². The van der Waals surface area contributed by atoms with Gasteiger partial charge in [0, 0.05) is 14.9 Å². The molecule has 0 spiro atoms. The minimum atomic E-state index is -0.638. The molecule has 0 unspecified atom stereocenters. The highest BCUT2D eigenvalue weighted by molar-refractivity contribution is 9.10. The third kappa shape index (κ3) is 7.71. The fourth-order valence-electron chi connectivity index (χ4n) is 3.98. The summed E-state index contributed by atoms with van der Waals surface area (Å²) in [4.78, 5) is 26.7. The number of nitrogens with one attached hydrogen (secondary N) is 1. The van der Waals surface area contributed by atoms with E-state index in [4.69, 9.17) is 14.2 Å². The Labute approximate surface area is 241 Å². The van der Waals surface area contributed by atoms with Gasteiger partial charge in [-0.15, -0.1) is 11.3 Å². The molecule has 204 valence electrons. The molecule has 1 heterocycles. The molecule has 0 aliphatic carbocycles. The number of nitrogens with zero attached hydrogens (tertiary/aromatic N) is 1. The van der Waals surface area contributed by atoms with Crippen LogP contribution in [0.2, 0.25) is 0 Å². The Kier molecular flexibility index (Phi) is 11.1. The molecule has 2 aromatic carbocycles. The monoisotopic (exact) mass is 610 g/mol. The second-order valence-corrected chi connectivity index (χ2v) is 10.8. The van der Waals surface area contributed by atoms with Crippen molar-refractivity contribution in [2.45, 2.75) is 39.5 Å². The van der Waals surface area contributed by atoms with Gasteiger partial charge in [0.1, 0.15) is 22.2 Å². The van der Waals surface area contributed by atoms with Crippen molar-refractivity contribution < 1.29 is 23.8 Å². The van der Waals surface area contributed by atoms with Crippen LogP contribution < -0.4 is 14.8 Å². The molecule has 0 atom stereocenters. The van der Waals surface area contributed by atoms with Gasteiger partial charge in [-0.2, -0.15) is 5.26 Å². The predicted molar refractivity (Wildman–Crippen MR) is 158 cm³/mol. The first-order chi connectivity index (χ1) is 18.8. The summed E-state index contributed by atoms with van der Waals surface area (Å²) in [5.41, 5.74) is 2.20. The minimum Gasteiger partial charge on any atom is -0.493 e. The van der Waals surface area contributed by atoms with Crippen molar-refractivity contribution >= 4 is 50.2 Å².